The van der Waals surface area contributed by atoms with Crippen LogP contribution >= 0.6 is 0 Å². The molecular formula is C12H21N5O. The van der Waals surface area contributed by atoms with Crippen LogP contribution in [-0.4, -0.2) is 34.3 Å². The van der Waals surface area contributed by atoms with E-state index in [0.717, 1.165) is 24.5 Å². The molecule has 18 heavy (non-hydrogen) atoms. The number of nitrogen functional groups attached to an aromatic ring is 1. The standard InChI is InChI=1S/C12H21N5O/c1-12(2,18)7-17(3)10-6-9(16-13)14-11(15-10)8-4-5-8/h6,8,18H,4-5,7,13H2,1-3H3,(H,14,15,16). The van der Waals surface area contributed by atoms with E-state index in [2.05, 4.69) is 15.4 Å². The molecule has 0 radical (unpaired) electrons. The number of rotatable bonds is 5. The maximum absolute atomic E-state index is 9.84. The zero-order valence-electron chi connectivity index (χ0n) is 11.1. The third-order valence-corrected chi connectivity index (χ3v) is 2.84. The van der Waals surface area contributed by atoms with Gasteiger partial charge in [0.25, 0.3) is 0 Å². The van der Waals surface area contributed by atoms with Crippen LogP contribution in [0.4, 0.5) is 11.6 Å². The average Bonchev–Trinajstić information content (AvgIpc) is 3.09. The number of likely N-dealkylation sites (N-methyl/N-ethyl adjacent to an activating group) is 1. The molecule has 0 aromatic carbocycles. The summed E-state index contributed by atoms with van der Waals surface area (Å²) < 4.78 is 0. The minimum atomic E-state index is -0.768. The van der Waals surface area contributed by atoms with E-state index in [1.165, 1.54) is 0 Å². The number of hydrogen-bond donors (Lipinski definition) is 3. The second-order valence-electron chi connectivity index (χ2n) is 5.56. The van der Waals surface area contributed by atoms with E-state index < -0.39 is 5.60 Å². The molecule has 0 unspecified atom stereocenters. The molecule has 0 bridgehead atoms. The van der Waals surface area contributed by atoms with Crippen LogP contribution in [0.25, 0.3) is 0 Å². The summed E-state index contributed by atoms with van der Waals surface area (Å²) in [6, 6.07) is 1.79. The third-order valence-electron chi connectivity index (χ3n) is 2.84. The lowest BCUT2D eigenvalue weighted by atomic mass is 10.1. The van der Waals surface area contributed by atoms with Crippen LogP contribution < -0.4 is 16.2 Å². The first kappa shape index (κ1) is 13.0. The fraction of sp³-hybridized carbons (Fsp3) is 0.667. The van der Waals surface area contributed by atoms with Gasteiger partial charge in [0.1, 0.15) is 17.5 Å². The number of aliphatic hydroxyl groups is 1. The minimum absolute atomic E-state index is 0.465. The number of hydrazine groups is 1. The van der Waals surface area contributed by atoms with Crippen molar-refractivity contribution in [1.29, 1.82) is 0 Å². The number of nitrogens with two attached hydrogens (primary N) is 1. The minimum Gasteiger partial charge on any atom is -0.389 e. The highest BCUT2D eigenvalue weighted by molar-refractivity contribution is 5.49. The quantitative estimate of drug-likeness (QED) is 0.531. The molecule has 6 heteroatoms. The Bertz CT molecular complexity index is 425. The Kier molecular flexibility index (Phi) is 3.41. The van der Waals surface area contributed by atoms with E-state index in [-0.39, 0.29) is 0 Å². The van der Waals surface area contributed by atoms with E-state index in [9.17, 15) is 5.11 Å². The van der Waals surface area contributed by atoms with Gasteiger partial charge in [-0.05, 0) is 26.7 Å². The van der Waals surface area contributed by atoms with Gasteiger partial charge in [0.05, 0.1) is 5.60 Å². The van der Waals surface area contributed by atoms with Crippen LogP contribution in [0, 0.1) is 0 Å². The summed E-state index contributed by atoms with van der Waals surface area (Å²) in [7, 11) is 1.90. The molecule has 0 amide bonds. The molecule has 1 aromatic heterocycles. The fourth-order valence-electron chi connectivity index (χ4n) is 1.91. The fourth-order valence-corrected chi connectivity index (χ4v) is 1.91. The van der Waals surface area contributed by atoms with Gasteiger partial charge in [0.15, 0.2) is 0 Å². The smallest absolute Gasteiger partial charge is 0.145 e. The van der Waals surface area contributed by atoms with Crippen molar-refractivity contribution in [2.45, 2.75) is 38.2 Å². The first-order chi connectivity index (χ1) is 8.39. The molecule has 100 valence electrons. The molecule has 0 saturated heterocycles. The highest BCUT2D eigenvalue weighted by Crippen LogP contribution is 2.39. The Morgan fingerprint density at radius 3 is 2.67 bits per heavy atom. The van der Waals surface area contributed by atoms with Gasteiger partial charge in [0, 0.05) is 25.6 Å². The Morgan fingerprint density at radius 2 is 2.17 bits per heavy atom. The summed E-state index contributed by atoms with van der Waals surface area (Å²) >= 11 is 0. The summed E-state index contributed by atoms with van der Waals surface area (Å²) in [4.78, 5) is 10.8. The predicted molar refractivity (Wildman–Crippen MR) is 71.4 cm³/mol. The van der Waals surface area contributed by atoms with Crippen molar-refractivity contribution in [3.8, 4) is 0 Å². The second-order valence-corrected chi connectivity index (χ2v) is 5.56. The molecule has 0 spiro atoms. The topological polar surface area (TPSA) is 87.3 Å². The van der Waals surface area contributed by atoms with Crippen molar-refractivity contribution < 1.29 is 5.11 Å². The van der Waals surface area contributed by atoms with Crippen molar-refractivity contribution in [3.63, 3.8) is 0 Å². The molecule has 0 aliphatic heterocycles. The highest BCUT2D eigenvalue weighted by atomic mass is 16.3. The van der Waals surface area contributed by atoms with E-state index >= 15 is 0 Å². The van der Waals surface area contributed by atoms with Gasteiger partial charge < -0.3 is 15.4 Å². The molecule has 0 atom stereocenters. The van der Waals surface area contributed by atoms with E-state index in [4.69, 9.17) is 5.84 Å². The molecular weight excluding hydrogens is 230 g/mol. The largest absolute Gasteiger partial charge is 0.389 e. The lowest BCUT2D eigenvalue weighted by molar-refractivity contribution is 0.0884. The van der Waals surface area contributed by atoms with Crippen molar-refractivity contribution in [3.05, 3.63) is 11.9 Å². The van der Waals surface area contributed by atoms with Gasteiger partial charge in [-0.3, -0.25) is 0 Å². The first-order valence-electron chi connectivity index (χ1n) is 6.18. The van der Waals surface area contributed by atoms with Crippen LogP contribution in [0.3, 0.4) is 0 Å². The molecule has 1 aromatic rings. The van der Waals surface area contributed by atoms with Crippen LogP contribution in [0.1, 0.15) is 38.4 Å². The zero-order valence-corrected chi connectivity index (χ0v) is 11.1. The molecule has 4 N–H and O–H groups in total. The van der Waals surface area contributed by atoms with Crippen LogP contribution in [0.5, 0.6) is 0 Å². The molecule has 6 nitrogen and oxygen atoms in total. The maximum atomic E-state index is 9.84. The summed E-state index contributed by atoms with van der Waals surface area (Å²) in [5.41, 5.74) is 1.80. The summed E-state index contributed by atoms with van der Waals surface area (Å²) in [5, 5.41) is 9.84. The van der Waals surface area contributed by atoms with Crippen LogP contribution in [-0.2, 0) is 0 Å². The highest BCUT2D eigenvalue weighted by Gasteiger charge is 2.28. The first-order valence-corrected chi connectivity index (χ1v) is 6.18. The van der Waals surface area contributed by atoms with Crippen molar-refractivity contribution in [2.75, 3.05) is 23.9 Å². The third kappa shape index (κ3) is 3.30. The average molecular weight is 251 g/mol. The van der Waals surface area contributed by atoms with Gasteiger partial charge in [-0.2, -0.15) is 0 Å². The van der Waals surface area contributed by atoms with Gasteiger partial charge >= 0.3 is 0 Å². The van der Waals surface area contributed by atoms with E-state index in [1.807, 2.05) is 11.9 Å². The predicted octanol–water partition coefficient (Wildman–Crippen LogP) is 0.847. The SMILES string of the molecule is CN(CC(C)(C)O)c1cc(NN)nc(C2CC2)n1. The van der Waals surface area contributed by atoms with Crippen molar-refractivity contribution in [2.24, 2.45) is 5.84 Å². The maximum Gasteiger partial charge on any atom is 0.145 e. The molecule has 1 fully saturated rings. The van der Waals surface area contributed by atoms with E-state index in [1.54, 1.807) is 19.9 Å². The number of aromatic nitrogens is 2. The molecule has 1 aliphatic carbocycles. The molecule has 1 heterocycles. The number of anilines is 2. The summed E-state index contributed by atoms with van der Waals surface area (Å²) in [6.45, 7) is 4.04. The monoisotopic (exact) mass is 251 g/mol. The normalized spacial score (nSPS) is 15.6. The Morgan fingerprint density at radius 1 is 1.50 bits per heavy atom. The number of nitrogens with zero attached hydrogens (tertiary/aromatic N) is 3. The second kappa shape index (κ2) is 4.70. The Balaban J connectivity index is 2.22. The number of hydrogen-bond acceptors (Lipinski definition) is 6. The zero-order chi connectivity index (χ0) is 13.3. The number of nitrogens with one attached hydrogen (secondary N) is 1. The van der Waals surface area contributed by atoms with Gasteiger partial charge in [-0.1, -0.05) is 0 Å². The van der Waals surface area contributed by atoms with Gasteiger partial charge in [-0.25, -0.2) is 15.8 Å². The Hall–Kier alpha value is -1.40. The van der Waals surface area contributed by atoms with Crippen molar-refractivity contribution >= 4 is 11.6 Å². The molecule has 2 rings (SSSR count). The van der Waals surface area contributed by atoms with Crippen molar-refractivity contribution in [1.82, 2.24) is 9.97 Å². The van der Waals surface area contributed by atoms with Crippen LogP contribution in [0.15, 0.2) is 6.07 Å². The Labute approximate surface area is 107 Å². The van der Waals surface area contributed by atoms with Crippen LogP contribution in [0.2, 0.25) is 0 Å². The van der Waals surface area contributed by atoms with E-state index in [0.29, 0.717) is 18.3 Å². The summed E-state index contributed by atoms with van der Waals surface area (Å²) in [5.74, 6) is 8.12. The lowest BCUT2D eigenvalue weighted by Gasteiger charge is -2.26. The molecule has 1 aliphatic rings. The summed E-state index contributed by atoms with van der Waals surface area (Å²) in [6.07, 6.45) is 2.28. The van der Waals surface area contributed by atoms with Gasteiger partial charge in [-0.15, -0.1) is 0 Å². The van der Waals surface area contributed by atoms with Gasteiger partial charge in [0.2, 0.25) is 0 Å². The lowest BCUT2D eigenvalue weighted by Crippen LogP contribution is -2.36. The molecule has 1 saturated carbocycles.